The minimum atomic E-state index is -0.773. The van der Waals surface area contributed by atoms with Crippen LogP contribution in [0.3, 0.4) is 0 Å². The van der Waals surface area contributed by atoms with Crippen molar-refractivity contribution >= 4 is 17.9 Å². The first-order valence-corrected chi connectivity index (χ1v) is 34.4. The molecular weight excluding hydrogens is 973 g/mol. The Hall–Kier alpha value is -3.15. The lowest BCUT2D eigenvalue weighted by molar-refractivity contribution is -0.167. The maximum Gasteiger partial charge on any atom is 0.306 e. The summed E-state index contributed by atoms with van der Waals surface area (Å²) in [6.07, 6.45) is 88.4. The van der Waals surface area contributed by atoms with Crippen molar-refractivity contribution in [2.45, 2.75) is 361 Å². The first-order valence-electron chi connectivity index (χ1n) is 34.4. The van der Waals surface area contributed by atoms with Gasteiger partial charge in [0.05, 0.1) is 0 Å². The maximum absolute atomic E-state index is 12.9. The predicted molar refractivity (Wildman–Crippen MR) is 344 cm³/mol. The molecule has 79 heavy (non-hydrogen) atoms. The molecule has 1 unspecified atom stereocenters. The molecule has 0 fully saturated rings. The number of carbonyl (C=O) groups excluding carboxylic acids is 3. The molecule has 0 saturated heterocycles. The highest BCUT2D eigenvalue weighted by atomic mass is 16.6. The van der Waals surface area contributed by atoms with Crippen LogP contribution in [-0.4, -0.2) is 37.2 Å². The Morgan fingerprint density at radius 2 is 0.494 bits per heavy atom. The Balaban J connectivity index is 3.97. The molecule has 458 valence electrons. The van der Waals surface area contributed by atoms with Crippen molar-refractivity contribution in [3.63, 3.8) is 0 Å². The molecule has 0 N–H and O–H groups in total. The van der Waals surface area contributed by atoms with Crippen molar-refractivity contribution in [3.8, 4) is 0 Å². The molecule has 0 aromatic heterocycles. The van der Waals surface area contributed by atoms with Gasteiger partial charge in [-0.25, -0.2) is 0 Å². The van der Waals surface area contributed by atoms with Crippen molar-refractivity contribution < 1.29 is 28.6 Å². The van der Waals surface area contributed by atoms with Crippen LogP contribution in [0, 0.1) is 0 Å². The summed E-state index contributed by atoms with van der Waals surface area (Å²) in [5.41, 5.74) is 0. The molecule has 0 spiro atoms. The summed E-state index contributed by atoms with van der Waals surface area (Å²) in [7, 11) is 0. The summed E-state index contributed by atoms with van der Waals surface area (Å²) >= 11 is 0. The fourth-order valence-electron chi connectivity index (χ4n) is 10.1. The fourth-order valence-corrected chi connectivity index (χ4v) is 10.1. The molecule has 6 nitrogen and oxygen atoms in total. The van der Waals surface area contributed by atoms with E-state index in [1.54, 1.807) is 0 Å². The van der Waals surface area contributed by atoms with Crippen LogP contribution in [0.5, 0.6) is 0 Å². The second-order valence-electron chi connectivity index (χ2n) is 23.1. The van der Waals surface area contributed by atoms with Crippen LogP contribution in [-0.2, 0) is 28.6 Å². The van der Waals surface area contributed by atoms with Gasteiger partial charge in [0.2, 0.25) is 0 Å². The summed E-state index contributed by atoms with van der Waals surface area (Å²) in [5.74, 6) is -0.874. The van der Waals surface area contributed by atoms with E-state index >= 15 is 0 Å². The first-order chi connectivity index (χ1) is 39.0. The molecule has 0 heterocycles. The van der Waals surface area contributed by atoms with Crippen LogP contribution < -0.4 is 0 Å². The topological polar surface area (TPSA) is 78.9 Å². The second kappa shape index (κ2) is 67.4. The van der Waals surface area contributed by atoms with E-state index in [1.807, 2.05) is 0 Å². The molecule has 0 aliphatic carbocycles. The van der Waals surface area contributed by atoms with Crippen molar-refractivity contribution in [2.24, 2.45) is 0 Å². The first kappa shape index (κ1) is 75.8. The van der Waals surface area contributed by atoms with Crippen LogP contribution in [0.2, 0.25) is 0 Å². The highest BCUT2D eigenvalue weighted by Crippen LogP contribution is 2.18. The smallest absolute Gasteiger partial charge is 0.306 e. The van der Waals surface area contributed by atoms with Crippen molar-refractivity contribution in [3.05, 3.63) is 72.9 Å². The molecular formula is C73H130O6. The lowest BCUT2D eigenvalue weighted by Gasteiger charge is -2.18. The van der Waals surface area contributed by atoms with Gasteiger partial charge in [-0.05, 0) is 89.9 Å². The Morgan fingerprint density at radius 3 is 0.785 bits per heavy atom. The van der Waals surface area contributed by atoms with E-state index in [0.29, 0.717) is 19.3 Å². The number of hydrogen-bond acceptors (Lipinski definition) is 6. The average Bonchev–Trinajstić information content (AvgIpc) is 3.45. The van der Waals surface area contributed by atoms with Gasteiger partial charge in [0.1, 0.15) is 13.2 Å². The highest BCUT2D eigenvalue weighted by molar-refractivity contribution is 5.71. The van der Waals surface area contributed by atoms with Gasteiger partial charge < -0.3 is 14.2 Å². The number of allylic oxidation sites excluding steroid dienone is 12. The molecule has 0 aromatic rings. The monoisotopic (exact) mass is 1100 g/mol. The maximum atomic E-state index is 12.9. The molecule has 0 aliphatic heterocycles. The third-order valence-electron chi connectivity index (χ3n) is 15.2. The van der Waals surface area contributed by atoms with E-state index in [2.05, 4.69) is 93.7 Å². The van der Waals surface area contributed by atoms with Crippen LogP contribution in [0.4, 0.5) is 0 Å². The van der Waals surface area contributed by atoms with E-state index in [9.17, 15) is 14.4 Å². The second-order valence-corrected chi connectivity index (χ2v) is 23.1. The van der Waals surface area contributed by atoms with E-state index < -0.39 is 6.10 Å². The van der Waals surface area contributed by atoms with E-state index in [0.717, 1.165) is 96.3 Å². The lowest BCUT2D eigenvalue weighted by Crippen LogP contribution is -2.30. The molecule has 0 rings (SSSR count). The molecule has 0 saturated carbocycles. The molecule has 0 aliphatic rings. The lowest BCUT2D eigenvalue weighted by atomic mass is 10.0. The van der Waals surface area contributed by atoms with Gasteiger partial charge in [-0.1, -0.05) is 318 Å². The zero-order valence-electron chi connectivity index (χ0n) is 52.6. The van der Waals surface area contributed by atoms with Crippen LogP contribution in [0.1, 0.15) is 355 Å². The van der Waals surface area contributed by atoms with Gasteiger partial charge in [-0.15, -0.1) is 0 Å². The minimum Gasteiger partial charge on any atom is -0.462 e. The fraction of sp³-hybridized carbons (Fsp3) is 0.795. The Morgan fingerprint density at radius 1 is 0.266 bits per heavy atom. The third-order valence-corrected chi connectivity index (χ3v) is 15.2. The van der Waals surface area contributed by atoms with Crippen molar-refractivity contribution in [2.75, 3.05) is 13.2 Å². The standard InChI is InChI=1S/C73H130O6/c1-4-7-10-13-15-17-19-21-23-25-27-29-31-33-35-36-38-39-41-43-45-47-49-51-53-55-57-60-63-66-72(75)78-69-70(68-77-71(74)65-62-59-12-9-6-3)79-73(76)67-64-61-58-56-54-52-50-48-46-44-42-40-37-34-32-30-28-26-24-22-20-18-16-14-11-8-5-2/h8,11,16,18,22,24-25,27-28,30,34,37,70H,4-7,9-10,12-15,17,19-21,23,26,29,31-33,35-36,38-69H2,1-3H3/b11-8-,18-16-,24-22-,27-25-,30-28-,37-34-. The van der Waals surface area contributed by atoms with Gasteiger partial charge in [-0.2, -0.15) is 0 Å². The normalized spacial score (nSPS) is 12.5. The summed E-state index contributed by atoms with van der Waals surface area (Å²) in [5, 5.41) is 0. The predicted octanol–water partition coefficient (Wildman–Crippen LogP) is 23.7. The van der Waals surface area contributed by atoms with Gasteiger partial charge in [0.15, 0.2) is 6.10 Å². The molecule has 0 amide bonds. The Kier molecular flexibility index (Phi) is 64.7. The summed E-state index contributed by atoms with van der Waals surface area (Å²) in [6, 6.07) is 0. The van der Waals surface area contributed by atoms with Crippen molar-refractivity contribution in [1.82, 2.24) is 0 Å². The van der Waals surface area contributed by atoms with Crippen molar-refractivity contribution in [1.29, 1.82) is 0 Å². The molecule has 0 radical (unpaired) electrons. The molecule has 0 bridgehead atoms. The van der Waals surface area contributed by atoms with Crippen LogP contribution in [0.25, 0.3) is 0 Å². The van der Waals surface area contributed by atoms with E-state index in [1.165, 1.54) is 218 Å². The number of rotatable bonds is 63. The number of ether oxygens (including phenoxy) is 3. The van der Waals surface area contributed by atoms with Gasteiger partial charge in [0.25, 0.3) is 0 Å². The Labute approximate surface area is 491 Å². The van der Waals surface area contributed by atoms with Gasteiger partial charge >= 0.3 is 17.9 Å². The average molecular weight is 1100 g/mol. The number of unbranched alkanes of at least 4 members (excludes halogenated alkanes) is 40. The summed E-state index contributed by atoms with van der Waals surface area (Å²) < 4.78 is 16.8. The van der Waals surface area contributed by atoms with Gasteiger partial charge in [0, 0.05) is 19.3 Å². The number of carbonyl (C=O) groups is 3. The SMILES string of the molecule is CC/C=C\C/C=C\C/C=C\C/C=C\C/C=C\CCCCCCCCCCCCCC(=O)OC(COC(=O)CCCCCCC)COC(=O)CCCCCCCCCCCCCCCCCCC/C=C\CCCCCCCCCC. The number of hydrogen-bond donors (Lipinski definition) is 0. The van der Waals surface area contributed by atoms with E-state index in [-0.39, 0.29) is 31.1 Å². The van der Waals surface area contributed by atoms with E-state index in [4.69, 9.17) is 14.2 Å². The zero-order valence-corrected chi connectivity index (χ0v) is 52.6. The summed E-state index contributed by atoms with van der Waals surface area (Å²) in [6.45, 7) is 6.49. The highest BCUT2D eigenvalue weighted by Gasteiger charge is 2.19. The minimum absolute atomic E-state index is 0.0730. The van der Waals surface area contributed by atoms with Crippen LogP contribution in [0.15, 0.2) is 72.9 Å². The number of esters is 3. The zero-order chi connectivity index (χ0) is 57.1. The molecule has 0 aromatic carbocycles. The third kappa shape index (κ3) is 65.5. The quantitative estimate of drug-likeness (QED) is 0.0261. The van der Waals surface area contributed by atoms with Gasteiger partial charge in [-0.3, -0.25) is 14.4 Å². The molecule has 6 heteroatoms. The largest absolute Gasteiger partial charge is 0.462 e. The summed E-state index contributed by atoms with van der Waals surface area (Å²) in [4.78, 5) is 38.0. The molecule has 1 atom stereocenters. The Bertz CT molecular complexity index is 1450. The van der Waals surface area contributed by atoms with Crippen LogP contribution >= 0.6 is 0 Å².